The summed E-state index contributed by atoms with van der Waals surface area (Å²) in [7, 11) is -2.62. The molecule has 112 valence electrons. The third kappa shape index (κ3) is 4.71. The second-order valence-corrected chi connectivity index (χ2v) is 7.76. The lowest BCUT2D eigenvalue weighted by Crippen LogP contribution is -2.50. The summed E-state index contributed by atoms with van der Waals surface area (Å²) in [6.07, 6.45) is 1.47. The smallest absolute Gasteiger partial charge is 0.280 e. The molecule has 0 radical (unpaired) electrons. The monoisotopic (exact) mass is 334 g/mol. The average Bonchev–Trinajstić information content (AvgIpc) is 2.87. The Hall–Kier alpha value is -0.670. The van der Waals surface area contributed by atoms with Crippen molar-refractivity contribution in [2.45, 2.75) is 24.6 Å². The molecule has 1 aromatic heterocycles. The van der Waals surface area contributed by atoms with Gasteiger partial charge in [0.15, 0.2) is 0 Å². The number of hydrogen-bond donors (Lipinski definition) is 2. The van der Waals surface area contributed by atoms with E-state index in [1.54, 1.807) is 25.3 Å². The molecule has 1 heterocycles. The highest BCUT2D eigenvalue weighted by molar-refractivity contribution is 8.15. The van der Waals surface area contributed by atoms with Crippen LogP contribution in [0.2, 0.25) is 0 Å². The maximum atomic E-state index is 11.1. The van der Waals surface area contributed by atoms with Gasteiger partial charge in [0.05, 0.1) is 10.4 Å². The fourth-order valence-electron chi connectivity index (χ4n) is 1.48. The van der Waals surface area contributed by atoms with E-state index < -0.39 is 15.8 Å². The zero-order valence-corrected chi connectivity index (χ0v) is 14.0. The Labute approximate surface area is 128 Å². The maximum absolute atomic E-state index is 11.1. The van der Waals surface area contributed by atoms with Gasteiger partial charge in [0.2, 0.25) is 0 Å². The Morgan fingerprint density at radius 1 is 1.70 bits per heavy atom. The molecule has 5 nitrogen and oxygen atoms in total. The van der Waals surface area contributed by atoms with E-state index in [9.17, 15) is 8.42 Å². The standard InChI is InChI=1S/C12H18N2O3S3/c1-5-12(3,14-20(15,16)17)9(2)19-11(13-4)10-7-6-8-18-10/h5-9,14H,1H2,2-4H3,(H,15,16,17)/t9-,12?/m0/s1. The van der Waals surface area contributed by atoms with Crippen LogP contribution < -0.4 is 4.72 Å². The summed E-state index contributed by atoms with van der Waals surface area (Å²) in [5.74, 6) is 0. The maximum Gasteiger partial charge on any atom is 0.334 e. The van der Waals surface area contributed by atoms with Gasteiger partial charge in [-0.25, -0.2) is 0 Å². The molecule has 1 unspecified atom stereocenters. The fourth-order valence-corrected chi connectivity index (χ4v) is 4.34. The highest BCUT2D eigenvalue weighted by Gasteiger charge is 2.33. The Morgan fingerprint density at radius 2 is 2.35 bits per heavy atom. The summed E-state index contributed by atoms with van der Waals surface area (Å²) in [5, 5.41) is 2.56. The van der Waals surface area contributed by atoms with E-state index in [0.29, 0.717) is 0 Å². The molecule has 0 saturated carbocycles. The molecule has 0 fully saturated rings. The molecule has 8 heteroatoms. The highest BCUT2D eigenvalue weighted by atomic mass is 32.2. The lowest BCUT2D eigenvalue weighted by atomic mass is 10.0. The van der Waals surface area contributed by atoms with Crippen molar-refractivity contribution in [1.82, 2.24) is 4.72 Å². The molecule has 20 heavy (non-hydrogen) atoms. The summed E-state index contributed by atoms with van der Waals surface area (Å²) in [6, 6.07) is 3.88. The van der Waals surface area contributed by atoms with Gasteiger partial charge in [-0.2, -0.15) is 13.1 Å². The Morgan fingerprint density at radius 3 is 2.75 bits per heavy atom. The molecular formula is C12H18N2O3S3. The predicted molar refractivity (Wildman–Crippen MR) is 87.1 cm³/mol. The van der Waals surface area contributed by atoms with E-state index in [1.807, 2.05) is 24.4 Å². The zero-order chi connectivity index (χ0) is 15.4. The summed E-state index contributed by atoms with van der Waals surface area (Å²) >= 11 is 2.99. The quantitative estimate of drug-likeness (QED) is 0.363. The lowest BCUT2D eigenvalue weighted by Gasteiger charge is -2.31. The van der Waals surface area contributed by atoms with Gasteiger partial charge in [-0.3, -0.25) is 9.55 Å². The molecule has 0 bridgehead atoms. The molecule has 0 amide bonds. The first kappa shape index (κ1) is 17.4. The number of thiophene rings is 1. The van der Waals surface area contributed by atoms with E-state index in [4.69, 9.17) is 4.55 Å². The van der Waals surface area contributed by atoms with Crippen molar-refractivity contribution in [1.29, 1.82) is 0 Å². The van der Waals surface area contributed by atoms with Gasteiger partial charge in [-0.1, -0.05) is 19.1 Å². The summed E-state index contributed by atoms with van der Waals surface area (Å²) in [5.41, 5.74) is -0.981. The van der Waals surface area contributed by atoms with Gasteiger partial charge in [-0.05, 0) is 18.4 Å². The van der Waals surface area contributed by atoms with Gasteiger partial charge in [0.25, 0.3) is 0 Å². The molecule has 0 aromatic carbocycles. The first-order chi connectivity index (χ1) is 9.22. The molecule has 2 atom stereocenters. The average molecular weight is 334 g/mol. The highest BCUT2D eigenvalue weighted by Crippen LogP contribution is 2.29. The minimum atomic E-state index is -4.31. The number of nitrogens with zero attached hydrogens (tertiary/aromatic N) is 1. The van der Waals surface area contributed by atoms with Crippen LogP contribution in [0.4, 0.5) is 0 Å². The number of aliphatic imine (C=N–C) groups is 1. The van der Waals surface area contributed by atoms with Crippen LogP contribution in [0.25, 0.3) is 0 Å². The van der Waals surface area contributed by atoms with Crippen molar-refractivity contribution in [3.63, 3.8) is 0 Å². The van der Waals surface area contributed by atoms with Crippen LogP contribution in [-0.4, -0.2) is 35.9 Å². The molecule has 2 N–H and O–H groups in total. The molecular weight excluding hydrogens is 316 g/mol. The first-order valence-corrected chi connectivity index (χ1v) is 8.99. The van der Waals surface area contributed by atoms with Crippen LogP contribution >= 0.6 is 23.1 Å². The van der Waals surface area contributed by atoms with Gasteiger partial charge < -0.3 is 0 Å². The number of nitrogens with one attached hydrogen (secondary N) is 1. The molecule has 0 spiro atoms. The van der Waals surface area contributed by atoms with E-state index >= 15 is 0 Å². The van der Waals surface area contributed by atoms with Crippen LogP contribution in [-0.2, 0) is 10.3 Å². The van der Waals surface area contributed by atoms with Crippen LogP contribution in [0.3, 0.4) is 0 Å². The molecule has 0 saturated heterocycles. The SMILES string of the molecule is C=CC(C)(NS(=O)(=O)O)[C@H](C)SC(=NC)c1cccs1. The van der Waals surface area contributed by atoms with E-state index in [2.05, 4.69) is 16.3 Å². The predicted octanol–water partition coefficient (Wildman–Crippen LogP) is 2.58. The Balaban J connectivity index is 2.92. The van der Waals surface area contributed by atoms with E-state index in [-0.39, 0.29) is 5.25 Å². The minimum absolute atomic E-state index is 0.206. The van der Waals surface area contributed by atoms with Crippen LogP contribution in [0, 0.1) is 0 Å². The minimum Gasteiger partial charge on any atom is -0.280 e. The third-order valence-corrected chi connectivity index (χ3v) is 6.01. The van der Waals surface area contributed by atoms with E-state index in [1.165, 1.54) is 17.8 Å². The Kier molecular flexibility index (Phi) is 5.96. The second-order valence-electron chi connectivity index (χ2n) is 4.33. The third-order valence-electron chi connectivity index (χ3n) is 2.84. The molecule has 1 rings (SSSR count). The van der Waals surface area contributed by atoms with Gasteiger partial charge in [0.1, 0.15) is 5.04 Å². The van der Waals surface area contributed by atoms with Crippen molar-refractivity contribution < 1.29 is 13.0 Å². The van der Waals surface area contributed by atoms with Crippen LogP contribution in [0.5, 0.6) is 0 Å². The Bertz CT molecular complexity index is 581. The van der Waals surface area contributed by atoms with Gasteiger partial charge >= 0.3 is 10.3 Å². The first-order valence-electron chi connectivity index (χ1n) is 5.79. The van der Waals surface area contributed by atoms with Crippen molar-refractivity contribution in [3.8, 4) is 0 Å². The topological polar surface area (TPSA) is 78.8 Å². The number of thioether (sulfide) groups is 1. The van der Waals surface area contributed by atoms with Crippen molar-refractivity contribution >= 4 is 38.4 Å². The van der Waals surface area contributed by atoms with Crippen LogP contribution in [0.1, 0.15) is 18.7 Å². The summed E-state index contributed by atoms with van der Waals surface area (Å²) in [6.45, 7) is 7.16. The van der Waals surface area contributed by atoms with Crippen LogP contribution in [0.15, 0.2) is 35.2 Å². The molecule has 0 aliphatic heterocycles. The summed E-state index contributed by atoms with van der Waals surface area (Å²) in [4.78, 5) is 5.25. The van der Waals surface area contributed by atoms with Gasteiger partial charge in [0, 0.05) is 12.3 Å². The van der Waals surface area contributed by atoms with Crippen molar-refractivity contribution in [2.24, 2.45) is 4.99 Å². The lowest BCUT2D eigenvalue weighted by molar-refractivity contribution is 0.427. The van der Waals surface area contributed by atoms with Gasteiger partial charge in [-0.15, -0.1) is 29.7 Å². The largest absolute Gasteiger partial charge is 0.334 e. The second kappa shape index (κ2) is 6.86. The van der Waals surface area contributed by atoms with Crippen molar-refractivity contribution in [2.75, 3.05) is 7.05 Å². The molecule has 0 aliphatic rings. The van der Waals surface area contributed by atoms with Crippen molar-refractivity contribution in [3.05, 3.63) is 35.0 Å². The zero-order valence-electron chi connectivity index (χ0n) is 11.5. The molecule has 0 aliphatic carbocycles. The normalized spacial score (nSPS) is 17.5. The number of rotatable bonds is 6. The molecule has 1 aromatic rings. The fraction of sp³-hybridized carbons (Fsp3) is 0.417. The summed E-state index contributed by atoms with van der Waals surface area (Å²) < 4.78 is 33.3. The number of hydrogen-bond acceptors (Lipinski definition) is 5. The van der Waals surface area contributed by atoms with E-state index in [0.717, 1.165) is 9.92 Å².